The Morgan fingerprint density at radius 3 is 3.19 bits per heavy atom. The minimum Gasteiger partial charge on any atom is -0.493 e. The largest absolute Gasteiger partial charge is 0.493 e. The zero-order valence-electron chi connectivity index (χ0n) is 9.53. The molecular formula is C13H17NOS. The Morgan fingerprint density at radius 2 is 2.38 bits per heavy atom. The van der Waals surface area contributed by atoms with E-state index in [0.717, 1.165) is 24.0 Å². The molecule has 86 valence electrons. The second-order valence-electron chi connectivity index (χ2n) is 4.64. The first-order chi connectivity index (χ1) is 7.81. The van der Waals surface area contributed by atoms with E-state index in [2.05, 4.69) is 42.2 Å². The van der Waals surface area contributed by atoms with Crippen LogP contribution >= 0.6 is 11.8 Å². The Bertz CT molecular complexity index is 394. The van der Waals surface area contributed by atoms with E-state index in [-0.39, 0.29) is 0 Å². The van der Waals surface area contributed by atoms with Crippen molar-refractivity contribution in [1.29, 1.82) is 0 Å². The van der Waals surface area contributed by atoms with E-state index >= 15 is 0 Å². The minimum atomic E-state index is 0.639. The van der Waals surface area contributed by atoms with Crippen molar-refractivity contribution in [1.82, 2.24) is 0 Å². The Labute approximate surface area is 101 Å². The lowest BCUT2D eigenvalue weighted by Crippen LogP contribution is -2.18. The number of fused-ring (bicyclic) bond motifs is 1. The predicted octanol–water partition coefficient (Wildman–Crippen LogP) is 2.93. The van der Waals surface area contributed by atoms with Crippen molar-refractivity contribution in [3.8, 4) is 5.75 Å². The molecule has 0 bridgehead atoms. The fourth-order valence-corrected chi connectivity index (χ4v) is 3.58. The maximum absolute atomic E-state index is 5.51. The van der Waals surface area contributed by atoms with Gasteiger partial charge in [-0.25, -0.2) is 0 Å². The Kier molecular flexibility index (Phi) is 2.72. The molecular weight excluding hydrogens is 218 g/mol. The zero-order chi connectivity index (χ0) is 11.0. The van der Waals surface area contributed by atoms with Gasteiger partial charge in [-0.1, -0.05) is 6.92 Å². The molecule has 0 radical (unpaired) electrons. The molecule has 0 aromatic heterocycles. The van der Waals surface area contributed by atoms with Gasteiger partial charge < -0.3 is 10.1 Å². The van der Waals surface area contributed by atoms with Gasteiger partial charge in [0.2, 0.25) is 0 Å². The van der Waals surface area contributed by atoms with Gasteiger partial charge in [-0.3, -0.25) is 0 Å². The van der Waals surface area contributed by atoms with Crippen molar-refractivity contribution in [3.05, 3.63) is 23.8 Å². The molecule has 3 heteroatoms. The molecule has 2 atom stereocenters. The summed E-state index contributed by atoms with van der Waals surface area (Å²) in [4.78, 5) is 0. The maximum atomic E-state index is 5.51. The summed E-state index contributed by atoms with van der Waals surface area (Å²) in [5.41, 5.74) is 2.60. The second kappa shape index (κ2) is 4.21. The van der Waals surface area contributed by atoms with Crippen LogP contribution in [0.5, 0.6) is 5.75 Å². The molecule has 1 N–H and O–H groups in total. The molecule has 0 saturated carbocycles. The van der Waals surface area contributed by atoms with Gasteiger partial charge in [0.1, 0.15) is 5.75 Å². The van der Waals surface area contributed by atoms with Crippen LogP contribution in [0, 0.1) is 0 Å². The predicted molar refractivity (Wildman–Crippen MR) is 69.6 cm³/mol. The lowest BCUT2D eigenvalue weighted by atomic mass is 10.1. The summed E-state index contributed by atoms with van der Waals surface area (Å²) in [6.07, 6.45) is 2.33. The molecule has 3 rings (SSSR count). The number of rotatable bonds is 2. The third-order valence-electron chi connectivity index (χ3n) is 3.26. The number of anilines is 1. The van der Waals surface area contributed by atoms with Gasteiger partial charge in [0.05, 0.1) is 6.61 Å². The highest BCUT2D eigenvalue weighted by Gasteiger charge is 2.22. The van der Waals surface area contributed by atoms with E-state index in [0.29, 0.717) is 6.04 Å². The van der Waals surface area contributed by atoms with Crippen molar-refractivity contribution >= 4 is 17.4 Å². The van der Waals surface area contributed by atoms with Crippen molar-refractivity contribution in [2.75, 3.05) is 17.7 Å². The van der Waals surface area contributed by atoms with E-state index in [1.54, 1.807) is 0 Å². The Morgan fingerprint density at radius 1 is 1.44 bits per heavy atom. The summed E-state index contributed by atoms with van der Waals surface area (Å²) in [5.74, 6) is 2.30. The SMILES string of the molecule is CC1CC(Nc2ccc3c(c2)CCO3)CS1. The lowest BCUT2D eigenvalue weighted by molar-refractivity contribution is 0.357. The van der Waals surface area contributed by atoms with Gasteiger partial charge >= 0.3 is 0 Å². The molecule has 1 saturated heterocycles. The van der Waals surface area contributed by atoms with E-state index in [1.807, 2.05) is 0 Å². The fourth-order valence-electron chi connectivity index (χ4n) is 2.43. The molecule has 1 aromatic carbocycles. The first-order valence-corrected chi connectivity index (χ1v) is 7.00. The third-order valence-corrected chi connectivity index (χ3v) is 4.61. The quantitative estimate of drug-likeness (QED) is 0.851. The molecule has 0 amide bonds. The van der Waals surface area contributed by atoms with Crippen LogP contribution in [0.25, 0.3) is 0 Å². The molecule has 1 aromatic rings. The molecule has 2 aliphatic heterocycles. The first-order valence-electron chi connectivity index (χ1n) is 5.95. The van der Waals surface area contributed by atoms with Gasteiger partial charge in [-0.2, -0.15) is 11.8 Å². The van der Waals surface area contributed by atoms with Crippen LogP contribution in [0.2, 0.25) is 0 Å². The van der Waals surface area contributed by atoms with Gasteiger partial charge in [0.15, 0.2) is 0 Å². The van der Waals surface area contributed by atoms with Crippen LogP contribution in [0.1, 0.15) is 18.9 Å². The molecule has 0 spiro atoms. The average molecular weight is 235 g/mol. The monoisotopic (exact) mass is 235 g/mol. The number of nitrogens with one attached hydrogen (secondary N) is 1. The standard InChI is InChI=1S/C13H17NOS/c1-9-6-12(8-16-9)14-11-2-3-13-10(7-11)4-5-15-13/h2-3,7,9,12,14H,4-6,8H2,1H3. The molecule has 2 heterocycles. The average Bonchev–Trinajstić information content (AvgIpc) is 2.87. The zero-order valence-corrected chi connectivity index (χ0v) is 10.3. The minimum absolute atomic E-state index is 0.639. The van der Waals surface area contributed by atoms with E-state index in [4.69, 9.17) is 4.74 Å². The second-order valence-corrected chi connectivity index (χ2v) is 6.11. The number of benzene rings is 1. The normalized spacial score (nSPS) is 27.6. The Balaban J connectivity index is 1.71. The molecule has 2 aliphatic rings. The molecule has 2 nitrogen and oxygen atoms in total. The highest BCUT2D eigenvalue weighted by molar-refractivity contribution is 8.00. The fraction of sp³-hybridized carbons (Fsp3) is 0.538. The van der Waals surface area contributed by atoms with E-state index in [9.17, 15) is 0 Å². The van der Waals surface area contributed by atoms with E-state index in [1.165, 1.54) is 23.4 Å². The summed E-state index contributed by atoms with van der Waals surface area (Å²) in [5, 5.41) is 4.43. The number of hydrogen-bond acceptors (Lipinski definition) is 3. The van der Waals surface area contributed by atoms with Crippen molar-refractivity contribution < 1.29 is 4.74 Å². The molecule has 0 aliphatic carbocycles. The summed E-state index contributed by atoms with van der Waals surface area (Å²) in [6.45, 7) is 3.15. The van der Waals surface area contributed by atoms with Crippen LogP contribution in [-0.4, -0.2) is 23.7 Å². The number of thioether (sulfide) groups is 1. The van der Waals surface area contributed by atoms with Crippen molar-refractivity contribution in [2.24, 2.45) is 0 Å². The van der Waals surface area contributed by atoms with Crippen molar-refractivity contribution in [3.63, 3.8) is 0 Å². The van der Waals surface area contributed by atoms with Gasteiger partial charge in [0.25, 0.3) is 0 Å². The summed E-state index contributed by atoms with van der Waals surface area (Å²) >= 11 is 2.06. The third kappa shape index (κ3) is 2.01. The lowest BCUT2D eigenvalue weighted by Gasteiger charge is -2.13. The summed E-state index contributed by atoms with van der Waals surface area (Å²) < 4.78 is 5.51. The highest BCUT2D eigenvalue weighted by Crippen LogP contribution is 2.31. The topological polar surface area (TPSA) is 21.3 Å². The molecule has 1 fully saturated rings. The Hall–Kier alpha value is -0.830. The maximum Gasteiger partial charge on any atom is 0.122 e. The van der Waals surface area contributed by atoms with Gasteiger partial charge in [-0.05, 0) is 30.2 Å². The van der Waals surface area contributed by atoms with Gasteiger partial charge in [0, 0.05) is 29.2 Å². The van der Waals surface area contributed by atoms with Crippen molar-refractivity contribution in [2.45, 2.75) is 31.1 Å². The smallest absolute Gasteiger partial charge is 0.122 e. The van der Waals surface area contributed by atoms with Crippen LogP contribution in [-0.2, 0) is 6.42 Å². The van der Waals surface area contributed by atoms with Crippen LogP contribution in [0.4, 0.5) is 5.69 Å². The summed E-state index contributed by atoms with van der Waals surface area (Å²) in [6, 6.07) is 7.12. The first kappa shape index (κ1) is 10.3. The van der Waals surface area contributed by atoms with Crippen LogP contribution in [0.3, 0.4) is 0 Å². The highest BCUT2D eigenvalue weighted by atomic mass is 32.2. The number of hydrogen-bond donors (Lipinski definition) is 1. The van der Waals surface area contributed by atoms with Crippen LogP contribution in [0.15, 0.2) is 18.2 Å². The molecule has 2 unspecified atom stereocenters. The summed E-state index contributed by atoms with van der Waals surface area (Å²) in [7, 11) is 0. The number of ether oxygens (including phenoxy) is 1. The van der Waals surface area contributed by atoms with E-state index < -0.39 is 0 Å². The van der Waals surface area contributed by atoms with Crippen LogP contribution < -0.4 is 10.1 Å². The molecule has 16 heavy (non-hydrogen) atoms. The van der Waals surface area contributed by atoms with Gasteiger partial charge in [-0.15, -0.1) is 0 Å².